The molecule has 3 aromatic rings. The van der Waals surface area contributed by atoms with Crippen LogP contribution in [0.1, 0.15) is 11.1 Å². The summed E-state index contributed by atoms with van der Waals surface area (Å²) in [6.07, 6.45) is 3.46. The van der Waals surface area contributed by atoms with E-state index in [4.69, 9.17) is 32.9 Å². The Balaban J connectivity index is 2.02. The highest BCUT2D eigenvalue weighted by Gasteiger charge is 2.20. The van der Waals surface area contributed by atoms with E-state index in [-0.39, 0.29) is 0 Å². The number of aromatic nitrogens is 1. The van der Waals surface area contributed by atoms with Gasteiger partial charge in [0.25, 0.3) is 0 Å². The lowest BCUT2D eigenvalue weighted by Crippen LogP contribution is -2.03. The van der Waals surface area contributed by atoms with Crippen molar-refractivity contribution in [2.24, 2.45) is 4.99 Å². The molecule has 0 aliphatic carbocycles. The predicted octanol–water partition coefficient (Wildman–Crippen LogP) is 5.66. The Morgan fingerprint density at radius 3 is 2.26 bits per heavy atom. The fourth-order valence-corrected chi connectivity index (χ4v) is 2.81. The molecule has 2 heterocycles. The van der Waals surface area contributed by atoms with Gasteiger partial charge in [-0.1, -0.05) is 23.2 Å². The van der Waals surface area contributed by atoms with Crippen LogP contribution in [0.25, 0.3) is 0 Å². The average Bonchev–Trinajstić information content (AvgIpc) is 2.72. The first-order valence-corrected chi connectivity index (χ1v) is 7.73. The number of pyridine rings is 1. The largest absolute Gasteiger partial charge is 0.454 e. The topological polar surface area (TPSA) is 34.5 Å². The van der Waals surface area contributed by atoms with Crippen LogP contribution in [-0.2, 0) is 0 Å². The second-order valence-electron chi connectivity index (χ2n) is 5.05. The summed E-state index contributed by atoms with van der Waals surface area (Å²) in [6, 6.07) is 14.7. The molecule has 0 N–H and O–H groups in total. The van der Waals surface area contributed by atoms with E-state index in [0.717, 1.165) is 16.8 Å². The van der Waals surface area contributed by atoms with Gasteiger partial charge in [-0.2, -0.15) is 0 Å². The molecule has 0 saturated heterocycles. The number of fused-ring (bicyclic) bond motifs is 2. The molecule has 0 unspecified atom stereocenters. The molecule has 0 amide bonds. The van der Waals surface area contributed by atoms with Gasteiger partial charge in [0.2, 0.25) is 0 Å². The Hall–Kier alpha value is -2.36. The van der Waals surface area contributed by atoms with Gasteiger partial charge in [0.15, 0.2) is 5.75 Å². The maximum Gasteiger partial charge on any atom is 0.153 e. The Labute approximate surface area is 143 Å². The number of ether oxygens (including phenoxy) is 1. The van der Waals surface area contributed by atoms with Crippen LogP contribution < -0.4 is 4.74 Å². The van der Waals surface area contributed by atoms with Crippen molar-refractivity contribution in [1.29, 1.82) is 0 Å². The standard InChI is InChI=1S/C18H10Cl2N2O/c19-12-1-3-16-14(9-12)18(11-5-7-21-8-6-11)22-15-10-13(20)2-4-17(15)23-16/h1-10H. The molecule has 0 saturated carbocycles. The lowest BCUT2D eigenvalue weighted by molar-refractivity contribution is 0.485. The van der Waals surface area contributed by atoms with Gasteiger partial charge in [-0.05, 0) is 48.5 Å². The van der Waals surface area contributed by atoms with E-state index in [1.165, 1.54) is 0 Å². The molecule has 1 aliphatic rings. The quantitative estimate of drug-likeness (QED) is 0.447. The van der Waals surface area contributed by atoms with Gasteiger partial charge < -0.3 is 4.74 Å². The van der Waals surface area contributed by atoms with Gasteiger partial charge in [-0.25, -0.2) is 4.99 Å². The first kappa shape index (κ1) is 14.2. The molecule has 1 aliphatic heterocycles. The van der Waals surface area contributed by atoms with E-state index < -0.39 is 0 Å². The van der Waals surface area contributed by atoms with Crippen LogP contribution in [0.3, 0.4) is 0 Å². The van der Waals surface area contributed by atoms with E-state index in [9.17, 15) is 0 Å². The minimum atomic E-state index is 0.606. The van der Waals surface area contributed by atoms with Crippen LogP contribution in [0.4, 0.5) is 5.69 Å². The molecular weight excluding hydrogens is 331 g/mol. The molecule has 0 atom stereocenters. The summed E-state index contributed by atoms with van der Waals surface area (Å²) in [7, 11) is 0. The summed E-state index contributed by atoms with van der Waals surface area (Å²) in [5.74, 6) is 1.35. The van der Waals surface area contributed by atoms with Crippen LogP contribution >= 0.6 is 23.2 Å². The Kier molecular flexibility index (Phi) is 3.52. The van der Waals surface area contributed by atoms with E-state index in [1.807, 2.05) is 30.3 Å². The summed E-state index contributed by atoms with van der Waals surface area (Å²) < 4.78 is 6.02. The molecule has 3 nitrogen and oxygen atoms in total. The summed E-state index contributed by atoms with van der Waals surface area (Å²) in [5, 5.41) is 1.23. The van der Waals surface area contributed by atoms with Gasteiger partial charge in [0.1, 0.15) is 11.4 Å². The molecule has 0 fully saturated rings. The van der Waals surface area contributed by atoms with E-state index in [2.05, 4.69) is 4.98 Å². The van der Waals surface area contributed by atoms with Gasteiger partial charge in [-0.15, -0.1) is 0 Å². The predicted molar refractivity (Wildman–Crippen MR) is 92.5 cm³/mol. The Morgan fingerprint density at radius 1 is 0.783 bits per heavy atom. The number of benzene rings is 2. The first-order valence-electron chi connectivity index (χ1n) is 6.97. The van der Waals surface area contributed by atoms with Crippen LogP contribution in [-0.4, -0.2) is 10.7 Å². The highest BCUT2D eigenvalue weighted by atomic mass is 35.5. The lowest BCUT2D eigenvalue weighted by atomic mass is 10.0. The third-order valence-corrected chi connectivity index (χ3v) is 3.99. The number of rotatable bonds is 1. The van der Waals surface area contributed by atoms with Crippen molar-refractivity contribution in [3.63, 3.8) is 0 Å². The summed E-state index contributed by atoms with van der Waals surface area (Å²) in [5.41, 5.74) is 3.21. The minimum Gasteiger partial charge on any atom is -0.454 e. The van der Waals surface area contributed by atoms with Crippen molar-refractivity contribution in [2.75, 3.05) is 0 Å². The zero-order chi connectivity index (χ0) is 15.8. The van der Waals surface area contributed by atoms with Gasteiger partial charge in [0, 0.05) is 33.6 Å². The van der Waals surface area contributed by atoms with Crippen LogP contribution in [0, 0.1) is 0 Å². The lowest BCUT2D eigenvalue weighted by Gasteiger charge is -2.10. The normalized spacial score (nSPS) is 12.5. The summed E-state index contributed by atoms with van der Waals surface area (Å²) in [4.78, 5) is 8.84. The zero-order valence-electron chi connectivity index (χ0n) is 11.8. The van der Waals surface area contributed by atoms with E-state index in [0.29, 0.717) is 27.2 Å². The fraction of sp³-hybridized carbons (Fsp3) is 0. The molecule has 5 heteroatoms. The molecular formula is C18H10Cl2N2O. The SMILES string of the molecule is Clc1ccc2c(c1)N=C(c1ccncc1)c1cc(Cl)ccc1O2. The molecule has 2 aromatic carbocycles. The van der Waals surface area contributed by atoms with Crippen molar-refractivity contribution >= 4 is 34.6 Å². The maximum absolute atomic E-state index is 6.18. The minimum absolute atomic E-state index is 0.606. The number of halogens is 2. The molecule has 23 heavy (non-hydrogen) atoms. The second kappa shape index (κ2) is 5.69. The Bertz CT molecular complexity index is 924. The van der Waals surface area contributed by atoms with Crippen LogP contribution in [0.5, 0.6) is 11.5 Å². The smallest absolute Gasteiger partial charge is 0.153 e. The summed E-state index contributed by atoms with van der Waals surface area (Å²) in [6.45, 7) is 0. The number of hydrogen-bond donors (Lipinski definition) is 0. The zero-order valence-corrected chi connectivity index (χ0v) is 13.3. The van der Waals surface area contributed by atoms with Crippen molar-refractivity contribution < 1.29 is 4.74 Å². The number of nitrogens with zero attached hydrogens (tertiary/aromatic N) is 2. The Morgan fingerprint density at radius 2 is 1.48 bits per heavy atom. The van der Waals surface area contributed by atoms with Crippen LogP contribution in [0.15, 0.2) is 65.9 Å². The third kappa shape index (κ3) is 2.69. The maximum atomic E-state index is 6.18. The van der Waals surface area contributed by atoms with Gasteiger partial charge >= 0.3 is 0 Å². The number of hydrogen-bond acceptors (Lipinski definition) is 3. The average molecular weight is 341 g/mol. The molecule has 0 radical (unpaired) electrons. The highest BCUT2D eigenvalue weighted by molar-refractivity contribution is 6.32. The fourth-order valence-electron chi connectivity index (χ4n) is 2.47. The van der Waals surface area contributed by atoms with E-state index in [1.54, 1.807) is 30.6 Å². The van der Waals surface area contributed by atoms with Crippen molar-refractivity contribution in [3.05, 3.63) is 82.1 Å². The second-order valence-corrected chi connectivity index (χ2v) is 5.92. The highest BCUT2D eigenvalue weighted by Crippen LogP contribution is 2.40. The van der Waals surface area contributed by atoms with Crippen LogP contribution in [0.2, 0.25) is 10.0 Å². The molecule has 4 rings (SSSR count). The third-order valence-electron chi connectivity index (χ3n) is 3.52. The number of aliphatic imine (C=N–C) groups is 1. The molecule has 1 aromatic heterocycles. The molecule has 0 bridgehead atoms. The van der Waals surface area contributed by atoms with Crippen molar-refractivity contribution in [1.82, 2.24) is 4.98 Å². The van der Waals surface area contributed by atoms with E-state index >= 15 is 0 Å². The first-order chi connectivity index (χ1) is 11.2. The van der Waals surface area contributed by atoms with Crippen molar-refractivity contribution in [3.8, 4) is 11.5 Å². The van der Waals surface area contributed by atoms with Gasteiger partial charge in [0.05, 0.1) is 5.71 Å². The molecule has 0 spiro atoms. The summed E-state index contributed by atoms with van der Waals surface area (Å²) >= 11 is 12.3. The van der Waals surface area contributed by atoms with Crippen molar-refractivity contribution in [2.45, 2.75) is 0 Å². The molecule has 112 valence electrons. The van der Waals surface area contributed by atoms with Gasteiger partial charge in [-0.3, -0.25) is 4.98 Å². The monoisotopic (exact) mass is 340 g/mol.